The van der Waals surface area contributed by atoms with Crippen LogP contribution in [-0.4, -0.2) is 49.4 Å². The van der Waals surface area contributed by atoms with Crippen LogP contribution >= 0.6 is 11.8 Å². The van der Waals surface area contributed by atoms with Crippen LogP contribution in [0.1, 0.15) is 47.0 Å². The predicted octanol–water partition coefficient (Wildman–Crippen LogP) is 4.12. The normalized spacial score (nSPS) is 16.8. The first-order chi connectivity index (χ1) is 11.3. The van der Waals surface area contributed by atoms with Gasteiger partial charge in [-0.15, -0.1) is 0 Å². The van der Waals surface area contributed by atoms with E-state index < -0.39 is 11.7 Å². The van der Waals surface area contributed by atoms with Crippen LogP contribution in [0.15, 0.2) is 22.6 Å². The quantitative estimate of drug-likeness (QED) is 0.709. The number of hydrogen-bond acceptors (Lipinski definition) is 5. The maximum absolute atomic E-state index is 11.8. The average Bonchev–Trinajstić information content (AvgIpc) is 2.49. The van der Waals surface area contributed by atoms with Gasteiger partial charge < -0.3 is 9.47 Å². The number of carbonyl (C=O) groups is 1. The van der Waals surface area contributed by atoms with Crippen molar-refractivity contribution in [1.82, 2.24) is 10.2 Å². The lowest BCUT2D eigenvalue weighted by Crippen LogP contribution is -2.37. The third kappa shape index (κ3) is 10.0. The summed E-state index contributed by atoms with van der Waals surface area (Å²) in [7, 11) is 0. The molecular weight excluding hydrogens is 324 g/mol. The number of amides is 1. The minimum Gasteiger partial charge on any atom is -0.444 e. The van der Waals surface area contributed by atoms with Crippen molar-refractivity contribution < 1.29 is 14.3 Å². The van der Waals surface area contributed by atoms with Gasteiger partial charge in [0.05, 0.1) is 18.2 Å². The molecule has 1 N–H and O–H groups in total. The summed E-state index contributed by atoms with van der Waals surface area (Å²) >= 11 is 1.45. The molecule has 0 atom stereocenters. The molecule has 1 aliphatic rings. The molecule has 0 aromatic carbocycles. The molecule has 1 saturated heterocycles. The number of rotatable bonds is 8. The Morgan fingerprint density at radius 1 is 1.38 bits per heavy atom. The Balaban J connectivity index is 2.49. The standard InChI is InChI=1S/C18H32N2O3S/c1-6-7-8-16(13-20-9-11-22-12-10-20)14-24-15(2)19-17(21)23-18(3,4)5/h14H,2,6-13H2,1,3-5H3,(H,19,21)/b16-14+. The lowest BCUT2D eigenvalue weighted by atomic mass is 10.1. The molecule has 1 heterocycles. The molecule has 138 valence electrons. The molecule has 1 aliphatic heterocycles. The molecule has 0 bridgehead atoms. The van der Waals surface area contributed by atoms with Crippen LogP contribution in [0.5, 0.6) is 0 Å². The highest BCUT2D eigenvalue weighted by atomic mass is 32.2. The molecule has 0 aliphatic carbocycles. The predicted molar refractivity (Wildman–Crippen MR) is 101 cm³/mol. The summed E-state index contributed by atoms with van der Waals surface area (Å²) in [6, 6.07) is 0. The van der Waals surface area contributed by atoms with Gasteiger partial charge >= 0.3 is 6.09 Å². The van der Waals surface area contributed by atoms with E-state index in [1.54, 1.807) is 0 Å². The van der Waals surface area contributed by atoms with E-state index in [0.29, 0.717) is 5.03 Å². The lowest BCUT2D eigenvalue weighted by Gasteiger charge is -2.27. The minimum absolute atomic E-state index is 0.461. The van der Waals surface area contributed by atoms with E-state index in [4.69, 9.17) is 9.47 Å². The molecule has 1 rings (SSSR count). The van der Waals surface area contributed by atoms with Crippen molar-refractivity contribution in [2.24, 2.45) is 0 Å². The highest BCUT2D eigenvalue weighted by Gasteiger charge is 2.16. The minimum atomic E-state index is -0.506. The van der Waals surface area contributed by atoms with E-state index in [2.05, 4.69) is 29.1 Å². The maximum Gasteiger partial charge on any atom is 0.412 e. The van der Waals surface area contributed by atoms with Crippen LogP contribution in [0.4, 0.5) is 4.79 Å². The highest BCUT2D eigenvalue weighted by molar-refractivity contribution is 8.05. The maximum atomic E-state index is 11.8. The Morgan fingerprint density at radius 2 is 2.04 bits per heavy atom. The summed E-state index contributed by atoms with van der Waals surface area (Å²) in [6.45, 7) is 16.1. The smallest absolute Gasteiger partial charge is 0.412 e. The molecule has 0 saturated carbocycles. The number of hydrogen-bond donors (Lipinski definition) is 1. The number of ether oxygens (including phenoxy) is 2. The summed E-state index contributed by atoms with van der Waals surface area (Å²) in [5, 5.41) is 5.38. The van der Waals surface area contributed by atoms with Gasteiger partial charge in [-0.25, -0.2) is 4.79 Å². The van der Waals surface area contributed by atoms with Gasteiger partial charge in [0, 0.05) is 19.6 Å². The number of nitrogens with zero attached hydrogens (tertiary/aromatic N) is 1. The molecular formula is C18H32N2O3S. The van der Waals surface area contributed by atoms with Crippen molar-refractivity contribution in [2.45, 2.75) is 52.6 Å². The third-order valence-corrected chi connectivity index (χ3v) is 4.23. The molecule has 0 aromatic heterocycles. The van der Waals surface area contributed by atoms with Gasteiger partial charge in [-0.1, -0.05) is 31.7 Å². The van der Waals surface area contributed by atoms with Crippen LogP contribution in [0.25, 0.3) is 0 Å². The lowest BCUT2D eigenvalue weighted by molar-refractivity contribution is 0.0419. The van der Waals surface area contributed by atoms with E-state index in [0.717, 1.165) is 39.3 Å². The first-order valence-electron chi connectivity index (χ1n) is 8.63. The van der Waals surface area contributed by atoms with Crippen LogP contribution in [0.2, 0.25) is 0 Å². The van der Waals surface area contributed by atoms with E-state index in [1.165, 1.54) is 30.2 Å². The summed E-state index contributed by atoms with van der Waals surface area (Å²) in [4.78, 5) is 14.2. The number of morpholine rings is 1. The van der Waals surface area contributed by atoms with Crippen molar-refractivity contribution in [3.63, 3.8) is 0 Å². The van der Waals surface area contributed by atoms with Gasteiger partial charge in [0.15, 0.2) is 0 Å². The molecule has 1 fully saturated rings. The third-order valence-electron chi connectivity index (χ3n) is 3.39. The second-order valence-corrected chi connectivity index (χ2v) is 7.90. The zero-order valence-electron chi connectivity index (χ0n) is 15.5. The largest absolute Gasteiger partial charge is 0.444 e. The zero-order valence-corrected chi connectivity index (χ0v) is 16.3. The Kier molecular flexibility index (Phi) is 9.48. The van der Waals surface area contributed by atoms with Gasteiger partial charge in [-0.3, -0.25) is 10.2 Å². The van der Waals surface area contributed by atoms with Crippen LogP contribution in [0, 0.1) is 0 Å². The monoisotopic (exact) mass is 356 g/mol. The molecule has 6 heteroatoms. The number of alkyl carbamates (subject to hydrolysis) is 1. The van der Waals surface area contributed by atoms with Gasteiger partial charge in [0.25, 0.3) is 0 Å². The van der Waals surface area contributed by atoms with Gasteiger partial charge in [-0.2, -0.15) is 0 Å². The van der Waals surface area contributed by atoms with Crippen molar-refractivity contribution in [3.8, 4) is 0 Å². The van der Waals surface area contributed by atoms with E-state index >= 15 is 0 Å². The Morgan fingerprint density at radius 3 is 2.62 bits per heavy atom. The number of nitrogens with one attached hydrogen (secondary N) is 1. The SMILES string of the molecule is C=C(NC(=O)OC(C)(C)C)S/C=C(\CCCC)CN1CCOCC1. The van der Waals surface area contributed by atoms with Crippen molar-refractivity contribution in [2.75, 3.05) is 32.8 Å². The van der Waals surface area contributed by atoms with Gasteiger partial charge in [-0.05, 0) is 44.6 Å². The van der Waals surface area contributed by atoms with Gasteiger partial charge in [0.2, 0.25) is 0 Å². The molecule has 0 aromatic rings. The van der Waals surface area contributed by atoms with E-state index in [-0.39, 0.29) is 0 Å². The van der Waals surface area contributed by atoms with Crippen LogP contribution < -0.4 is 5.32 Å². The Hall–Kier alpha value is -0.980. The fraction of sp³-hybridized carbons (Fsp3) is 0.722. The Labute approximate surface area is 150 Å². The second-order valence-electron chi connectivity index (χ2n) is 6.94. The van der Waals surface area contributed by atoms with Crippen LogP contribution in [0.3, 0.4) is 0 Å². The average molecular weight is 357 g/mol. The highest BCUT2D eigenvalue weighted by Crippen LogP contribution is 2.20. The van der Waals surface area contributed by atoms with Crippen LogP contribution in [-0.2, 0) is 9.47 Å². The number of thioether (sulfide) groups is 1. The number of carbonyl (C=O) groups excluding carboxylic acids is 1. The van der Waals surface area contributed by atoms with Crippen molar-refractivity contribution in [1.29, 1.82) is 0 Å². The Bertz CT molecular complexity index is 438. The first-order valence-corrected chi connectivity index (χ1v) is 9.51. The fourth-order valence-electron chi connectivity index (χ4n) is 2.23. The number of unbranched alkanes of at least 4 members (excludes halogenated alkanes) is 1. The summed E-state index contributed by atoms with van der Waals surface area (Å²) in [5.41, 5.74) is 0.865. The molecule has 5 nitrogen and oxygen atoms in total. The van der Waals surface area contributed by atoms with Gasteiger partial charge in [0.1, 0.15) is 5.60 Å². The molecule has 0 spiro atoms. The summed E-state index contributed by atoms with van der Waals surface area (Å²) < 4.78 is 10.6. The molecule has 24 heavy (non-hydrogen) atoms. The zero-order chi connectivity index (χ0) is 18.0. The van der Waals surface area contributed by atoms with E-state index in [1.807, 2.05) is 20.8 Å². The summed E-state index contributed by atoms with van der Waals surface area (Å²) in [6.07, 6.45) is 2.95. The van der Waals surface area contributed by atoms with Crippen molar-refractivity contribution >= 4 is 17.9 Å². The summed E-state index contributed by atoms with van der Waals surface area (Å²) in [5.74, 6) is 0. The van der Waals surface area contributed by atoms with E-state index in [9.17, 15) is 4.79 Å². The molecule has 1 amide bonds. The molecule has 0 unspecified atom stereocenters. The second kappa shape index (κ2) is 10.8. The molecule has 0 radical (unpaired) electrons. The topological polar surface area (TPSA) is 50.8 Å². The first kappa shape index (κ1) is 21.1. The van der Waals surface area contributed by atoms with Crippen molar-refractivity contribution in [3.05, 3.63) is 22.6 Å². The fourth-order valence-corrected chi connectivity index (χ4v) is 2.87.